The lowest BCUT2D eigenvalue weighted by Gasteiger charge is -2.31. The largest absolute Gasteiger partial charge is 0.345 e. The van der Waals surface area contributed by atoms with Crippen LogP contribution in [-0.2, 0) is 10.0 Å². The van der Waals surface area contributed by atoms with Gasteiger partial charge in [0, 0.05) is 31.7 Å². The molecule has 2 aromatic rings. The zero-order valence-corrected chi connectivity index (χ0v) is 19.2. The van der Waals surface area contributed by atoms with Crippen LogP contribution >= 0.6 is 0 Å². The normalized spacial score (nSPS) is 17.0. The number of benzene rings is 2. The van der Waals surface area contributed by atoms with E-state index in [9.17, 15) is 13.2 Å². The summed E-state index contributed by atoms with van der Waals surface area (Å²) in [5.74, 6) is -0.267. The molecule has 1 aliphatic heterocycles. The molecule has 162 valence electrons. The van der Waals surface area contributed by atoms with Gasteiger partial charge in [-0.2, -0.15) is 4.31 Å². The second-order valence-electron chi connectivity index (χ2n) is 8.24. The first-order valence-corrected chi connectivity index (χ1v) is 11.7. The van der Waals surface area contributed by atoms with E-state index in [1.165, 1.54) is 10.4 Å². The van der Waals surface area contributed by atoms with E-state index in [1.54, 1.807) is 12.1 Å². The number of piperazine rings is 1. The number of rotatable bonds is 5. The second-order valence-corrected chi connectivity index (χ2v) is 10.2. The van der Waals surface area contributed by atoms with Crippen LogP contribution in [0.1, 0.15) is 45.6 Å². The van der Waals surface area contributed by atoms with Gasteiger partial charge in [0.1, 0.15) is 0 Å². The van der Waals surface area contributed by atoms with Crippen molar-refractivity contribution in [3.05, 3.63) is 64.2 Å². The van der Waals surface area contributed by atoms with E-state index in [4.69, 9.17) is 0 Å². The van der Waals surface area contributed by atoms with Gasteiger partial charge in [-0.3, -0.25) is 4.79 Å². The van der Waals surface area contributed by atoms with E-state index in [1.807, 2.05) is 46.9 Å². The molecule has 1 saturated heterocycles. The highest BCUT2D eigenvalue weighted by atomic mass is 32.2. The molecule has 0 aromatic heterocycles. The molecule has 6 nitrogen and oxygen atoms in total. The number of hydrogen-bond acceptors (Lipinski definition) is 4. The first-order valence-electron chi connectivity index (χ1n) is 10.3. The maximum Gasteiger partial charge on any atom is 0.252 e. The van der Waals surface area contributed by atoms with Crippen LogP contribution in [0.2, 0.25) is 0 Å². The Balaban J connectivity index is 1.84. The maximum absolute atomic E-state index is 13.1. The molecule has 0 unspecified atom stereocenters. The fraction of sp³-hybridized carbons (Fsp3) is 0.435. The number of aryl methyl sites for hydroxylation is 3. The third kappa shape index (κ3) is 4.74. The summed E-state index contributed by atoms with van der Waals surface area (Å²) in [5, 5.41) is 3.03. The molecule has 1 N–H and O–H groups in total. The zero-order chi connectivity index (χ0) is 22.1. The van der Waals surface area contributed by atoms with Gasteiger partial charge in [0.2, 0.25) is 10.0 Å². The fourth-order valence-corrected chi connectivity index (χ4v) is 5.21. The molecule has 1 heterocycles. The second kappa shape index (κ2) is 8.88. The van der Waals surface area contributed by atoms with Gasteiger partial charge < -0.3 is 10.2 Å². The molecule has 7 heteroatoms. The fourth-order valence-electron chi connectivity index (χ4n) is 3.76. The first kappa shape index (κ1) is 22.5. The highest BCUT2D eigenvalue weighted by molar-refractivity contribution is 7.89. The lowest BCUT2D eigenvalue weighted by atomic mass is 9.99. The summed E-state index contributed by atoms with van der Waals surface area (Å²) >= 11 is 0. The van der Waals surface area contributed by atoms with Crippen LogP contribution in [0.5, 0.6) is 0 Å². The van der Waals surface area contributed by atoms with Crippen molar-refractivity contribution in [1.29, 1.82) is 0 Å². The molecule has 2 aromatic carbocycles. The number of likely N-dealkylation sites (N-methyl/N-ethyl adjacent to an activating group) is 1. The summed E-state index contributed by atoms with van der Waals surface area (Å²) in [6.45, 7) is 10.1. The molecule has 0 radical (unpaired) electrons. The molecule has 1 atom stereocenters. The van der Waals surface area contributed by atoms with Crippen LogP contribution < -0.4 is 5.32 Å². The molecule has 3 rings (SSSR count). The predicted octanol–water partition coefficient (Wildman–Crippen LogP) is 3.04. The molecule has 1 aliphatic rings. The summed E-state index contributed by atoms with van der Waals surface area (Å²) in [6.07, 6.45) is 0. The highest BCUT2D eigenvalue weighted by Gasteiger charge is 2.28. The van der Waals surface area contributed by atoms with Gasteiger partial charge in [-0.1, -0.05) is 29.8 Å². The highest BCUT2D eigenvalue weighted by Crippen LogP contribution is 2.23. The van der Waals surface area contributed by atoms with Crippen molar-refractivity contribution in [2.24, 2.45) is 0 Å². The van der Waals surface area contributed by atoms with Crippen molar-refractivity contribution in [2.45, 2.75) is 38.6 Å². The van der Waals surface area contributed by atoms with Crippen LogP contribution in [0.25, 0.3) is 0 Å². The van der Waals surface area contributed by atoms with Crippen molar-refractivity contribution >= 4 is 15.9 Å². The number of nitrogens with one attached hydrogen (secondary N) is 1. The molecule has 0 spiro atoms. The Kier molecular flexibility index (Phi) is 6.65. The van der Waals surface area contributed by atoms with E-state index in [0.29, 0.717) is 31.7 Å². The predicted molar refractivity (Wildman–Crippen MR) is 119 cm³/mol. The number of nitrogens with zero attached hydrogens (tertiary/aromatic N) is 2. The van der Waals surface area contributed by atoms with Crippen LogP contribution in [0.3, 0.4) is 0 Å². The Morgan fingerprint density at radius 1 is 0.967 bits per heavy atom. The monoisotopic (exact) mass is 429 g/mol. The number of carbonyl (C=O) groups excluding carboxylic acids is 1. The summed E-state index contributed by atoms with van der Waals surface area (Å²) in [5.41, 5.74) is 4.44. The van der Waals surface area contributed by atoms with Gasteiger partial charge in [-0.15, -0.1) is 0 Å². The van der Waals surface area contributed by atoms with Crippen LogP contribution in [0.15, 0.2) is 41.3 Å². The van der Waals surface area contributed by atoms with Crippen molar-refractivity contribution in [2.75, 3.05) is 33.2 Å². The molecule has 1 fully saturated rings. The summed E-state index contributed by atoms with van der Waals surface area (Å²) in [4.78, 5) is 15.3. The molecule has 0 saturated carbocycles. The minimum absolute atomic E-state index is 0.169. The summed E-state index contributed by atoms with van der Waals surface area (Å²) in [6, 6.07) is 10.8. The minimum Gasteiger partial charge on any atom is -0.345 e. The topological polar surface area (TPSA) is 69.7 Å². The molecular weight excluding hydrogens is 398 g/mol. The number of sulfonamides is 1. The number of hydrogen-bond donors (Lipinski definition) is 1. The van der Waals surface area contributed by atoms with E-state index in [2.05, 4.69) is 16.3 Å². The Morgan fingerprint density at radius 2 is 1.60 bits per heavy atom. The van der Waals surface area contributed by atoms with Crippen LogP contribution in [-0.4, -0.2) is 56.8 Å². The zero-order valence-electron chi connectivity index (χ0n) is 18.4. The Morgan fingerprint density at radius 3 is 2.27 bits per heavy atom. The molecule has 1 amide bonds. The minimum atomic E-state index is -3.62. The Labute approximate surface area is 179 Å². The van der Waals surface area contributed by atoms with E-state index in [-0.39, 0.29) is 16.8 Å². The third-order valence-electron chi connectivity index (χ3n) is 5.80. The third-order valence-corrected chi connectivity index (χ3v) is 7.70. The molecule has 30 heavy (non-hydrogen) atoms. The average Bonchev–Trinajstić information content (AvgIpc) is 2.70. The van der Waals surface area contributed by atoms with Gasteiger partial charge in [-0.05, 0) is 63.6 Å². The Bertz CT molecular complexity index is 1040. The van der Waals surface area contributed by atoms with Crippen LogP contribution in [0.4, 0.5) is 0 Å². The smallest absolute Gasteiger partial charge is 0.252 e. The lowest BCUT2D eigenvalue weighted by Crippen LogP contribution is -2.47. The lowest BCUT2D eigenvalue weighted by molar-refractivity contribution is 0.0939. The van der Waals surface area contributed by atoms with E-state index < -0.39 is 10.0 Å². The standard InChI is InChI=1S/C23H31N3O3S/c1-16-6-7-17(2)21(14-16)19(4)24-23(27)22-15-20(9-8-18(22)3)30(28,29)26-12-10-25(5)11-13-26/h6-9,14-15,19H,10-13H2,1-5H3,(H,24,27)/t19-/m1/s1. The van der Waals surface area contributed by atoms with Gasteiger partial charge in [-0.25, -0.2) is 8.42 Å². The molecular formula is C23H31N3O3S. The van der Waals surface area contributed by atoms with Crippen molar-refractivity contribution in [3.63, 3.8) is 0 Å². The van der Waals surface area contributed by atoms with Gasteiger partial charge in [0.05, 0.1) is 10.9 Å². The first-order chi connectivity index (χ1) is 14.1. The molecule has 0 bridgehead atoms. The summed E-state index contributed by atoms with van der Waals surface area (Å²) < 4.78 is 27.7. The van der Waals surface area contributed by atoms with Crippen LogP contribution in [0, 0.1) is 20.8 Å². The van der Waals surface area contributed by atoms with Gasteiger partial charge >= 0.3 is 0 Å². The quantitative estimate of drug-likeness (QED) is 0.793. The van der Waals surface area contributed by atoms with Gasteiger partial charge in [0.15, 0.2) is 0 Å². The maximum atomic E-state index is 13.1. The van der Waals surface area contributed by atoms with Crippen molar-refractivity contribution in [1.82, 2.24) is 14.5 Å². The number of carbonyl (C=O) groups is 1. The summed E-state index contributed by atoms with van der Waals surface area (Å²) in [7, 11) is -1.64. The SMILES string of the molecule is Cc1ccc(C)c([C@@H](C)NC(=O)c2cc(S(=O)(=O)N3CCN(C)CC3)ccc2C)c1. The molecule has 0 aliphatic carbocycles. The average molecular weight is 430 g/mol. The van der Waals surface area contributed by atoms with E-state index >= 15 is 0 Å². The van der Waals surface area contributed by atoms with E-state index in [0.717, 1.165) is 22.3 Å². The van der Waals surface area contributed by atoms with Gasteiger partial charge in [0.25, 0.3) is 5.91 Å². The Hall–Kier alpha value is -2.22. The van der Waals surface area contributed by atoms with Crippen molar-refractivity contribution in [3.8, 4) is 0 Å². The van der Waals surface area contributed by atoms with Crippen molar-refractivity contribution < 1.29 is 13.2 Å². The number of amides is 1.